The van der Waals surface area contributed by atoms with Crippen molar-refractivity contribution >= 4 is 0 Å². The van der Waals surface area contributed by atoms with Crippen LogP contribution in [0.3, 0.4) is 0 Å². The van der Waals surface area contributed by atoms with Crippen molar-refractivity contribution in [2.24, 2.45) is 0 Å². The zero-order chi connectivity index (χ0) is 25.7. The molecule has 1 aliphatic carbocycles. The summed E-state index contributed by atoms with van der Waals surface area (Å²) >= 11 is 0. The Morgan fingerprint density at radius 3 is 1.61 bits per heavy atom. The number of rotatable bonds is 3. The summed E-state index contributed by atoms with van der Waals surface area (Å²) in [5.41, 5.74) is 2.21. The van der Waals surface area contributed by atoms with E-state index in [0.29, 0.717) is 27.8 Å². The van der Waals surface area contributed by atoms with Crippen molar-refractivity contribution < 1.29 is 40.9 Å². The molecule has 4 aromatic carbocycles. The fourth-order valence-electron chi connectivity index (χ4n) is 5.51. The van der Waals surface area contributed by atoms with Crippen molar-refractivity contribution in [3.05, 3.63) is 94.5 Å². The smallest absolute Gasteiger partial charge is 0.123 e. The first-order valence-electron chi connectivity index (χ1n) is 11.2. The maximum absolute atomic E-state index is 11.0. The lowest BCUT2D eigenvalue weighted by atomic mass is 9.62. The molecule has 3 atom stereocenters. The van der Waals surface area contributed by atoms with E-state index in [4.69, 9.17) is 0 Å². The highest BCUT2D eigenvalue weighted by atomic mass is 16.3. The van der Waals surface area contributed by atoms with E-state index in [2.05, 4.69) is 0 Å². The third-order valence-electron chi connectivity index (χ3n) is 6.84. The van der Waals surface area contributed by atoms with Gasteiger partial charge < -0.3 is 40.9 Å². The minimum atomic E-state index is -0.797. The lowest BCUT2D eigenvalue weighted by Gasteiger charge is -2.41. The van der Waals surface area contributed by atoms with E-state index in [1.165, 1.54) is 60.7 Å². The van der Waals surface area contributed by atoms with Crippen molar-refractivity contribution in [1.82, 2.24) is 0 Å². The average Bonchev–Trinajstić information content (AvgIpc) is 2.77. The second kappa shape index (κ2) is 8.49. The van der Waals surface area contributed by atoms with E-state index in [1.807, 2.05) is 0 Å². The molecule has 0 aliphatic heterocycles. The first-order chi connectivity index (χ1) is 17.1. The predicted molar refractivity (Wildman–Crippen MR) is 130 cm³/mol. The fourth-order valence-corrected chi connectivity index (χ4v) is 5.51. The van der Waals surface area contributed by atoms with Crippen LogP contribution in [-0.2, 0) is 6.42 Å². The van der Waals surface area contributed by atoms with Crippen molar-refractivity contribution in [2.45, 2.75) is 24.2 Å². The van der Waals surface area contributed by atoms with Crippen LogP contribution < -0.4 is 0 Å². The number of phenols is 8. The first kappa shape index (κ1) is 23.0. The molecule has 8 nitrogen and oxygen atoms in total. The molecular formula is C28H24O8. The Kier molecular flexibility index (Phi) is 5.44. The van der Waals surface area contributed by atoms with E-state index in [9.17, 15) is 40.9 Å². The summed E-state index contributed by atoms with van der Waals surface area (Å²) in [4.78, 5) is 0. The zero-order valence-corrected chi connectivity index (χ0v) is 18.9. The molecule has 0 aromatic heterocycles. The molecule has 36 heavy (non-hydrogen) atoms. The largest absolute Gasteiger partial charge is 0.508 e. The van der Waals surface area contributed by atoms with Crippen molar-refractivity contribution in [1.29, 1.82) is 0 Å². The van der Waals surface area contributed by atoms with E-state index >= 15 is 0 Å². The third kappa shape index (κ3) is 3.92. The van der Waals surface area contributed by atoms with Gasteiger partial charge in [0.25, 0.3) is 0 Å². The summed E-state index contributed by atoms with van der Waals surface area (Å²) in [7, 11) is 0. The van der Waals surface area contributed by atoms with Crippen LogP contribution in [0.15, 0.2) is 66.7 Å². The van der Waals surface area contributed by atoms with Crippen LogP contribution in [0.1, 0.15) is 45.6 Å². The van der Waals surface area contributed by atoms with Crippen LogP contribution in [0.2, 0.25) is 0 Å². The van der Waals surface area contributed by atoms with Gasteiger partial charge in [0, 0.05) is 47.2 Å². The first-order valence-corrected chi connectivity index (χ1v) is 11.2. The molecule has 0 heterocycles. The quantitative estimate of drug-likeness (QED) is 0.208. The van der Waals surface area contributed by atoms with Gasteiger partial charge in [-0.25, -0.2) is 0 Å². The number of fused-ring (bicyclic) bond motifs is 1. The van der Waals surface area contributed by atoms with E-state index in [1.54, 1.807) is 6.07 Å². The van der Waals surface area contributed by atoms with Crippen molar-refractivity contribution in [3.8, 4) is 46.0 Å². The van der Waals surface area contributed by atoms with Gasteiger partial charge in [-0.15, -0.1) is 0 Å². The molecule has 4 aromatic rings. The number of hydrogen-bond donors (Lipinski definition) is 8. The number of aromatic hydroxyl groups is 8. The Morgan fingerprint density at radius 2 is 1.03 bits per heavy atom. The molecule has 184 valence electrons. The second-order valence-corrected chi connectivity index (χ2v) is 9.12. The van der Waals surface area contributed by atoms with Gasteiger partial charge in [0.2, 0.25) is 0 Å². The summed E-state index contributed by atoms with van der Waals surface area (Å²) in [5.74, 6) is -3.54. The van der Waals surface area contributed by atoms with Gasteiger partial charge in [-0.05, 0) is 59.4 Å². The topological polar surface area (TPSA) is 162 Å². The molecule has 0 radical (unpaired) electrons. The Labute approximate surface area is 205 Å². The molecule has 0 fully saturated rings. The Bertz CT molecular complexity index is 1460. The zero-order valence-electron chi connectivity index (χ0n) is 18.9. The van der Waals surface area contributed by atoms with Crippen molar-refractivity contribution in [2.75, 3.05) is 0 Å². The highest BCUT2D eigenvalue weighted by molar-refractivity contribution is 5.60. The van der Waals surface area contributed by atoms with Gasteiger partial charge in [0.05, 0.1) is 0 Å². The normalized spacial score (nSPS) is 19.1. The van der Waals surface area contributed by atoms with Gasteiger partial charge in [-0.3, -0.25) is 0 Å². The molecular weight excluding hydrogens is 464 g/mol. The SMILES string of the molecule is Oc1cc(O)cc(C2[C@H](c3ccc(O)cc3O)c3c(O)cc(O)cc3C[C@@H]2c2ccc(O)cc2O)c1. The van der Waals surface area contributed by atoms with Crippen LogP contribution in [-0.4, -0.2) is 40.9 Å². The van der Waals surface area contributed by atoms with Gasteiger partial charge in [0.15, 0.2) is 0 Å². The molecule has 0 amide bonds. The Morgan fingerprint density at radius 1 is 0.500 bits per heavy atom. The molecule has 5 rings (SSSR count). The van der Waals surface area contributed by atoms with Crippen LogP contribution >= 0.6 is 0 Å². The maximum atomic E-state index is 11.0. The van der Waals surface area contributed by atoms with E-state index < -0.39 is 17.8 Å². The van der Waals surface area contributed by atoms with Crippen LogP contribution in [0, 0.1) is 0 Å². The molecule has 1 unspecified atom stereocenters. The highest BCUT2D eigenvalue weighted by Gasteiger charge is 2.43. The molecule has 0 saturated heterocycles. The number of benzene rings is 4. The molecule has 1 aliphatic rings. The molecule has 0 saturated carbocycles. The minimum Gasteiger partial charge on any atom is -0.508 e. The van der Waals surface area contributed by atoms with Crippen LogP contribution in [0.5, 0.6) is 46.0 Å². The standard InChI is InChI=1S/C28H24O8/c29-15-1-3-20(23(34)10-15)22-8-14-7-19(33)12-25(36)27(14)28(21-4-2-16(30)11-24(21)35)26(22)13-5-17(31)9-18(32)6-13/h1-7,9-12,22,26,28-36H,8H2/t22-,26?,28+/m1/s1. The summed E-state index contributed by atoms with van der Waals surface area (Å²) < 4.78 is 0. The van der Waals surface area contributed by atoms with Gasteiger partial charge >= 0.3 is 0 Å². The summed E-state index contributed by atoms with van der Waals surface area (Å²) in [6, 6.07) is 15.1. The van der Waals surface area contributed by atoms with Crippen molar-refractivity contribution in [3.63, 3.8) is 0 Å². The molecule has 0 bridgehead atoms. The highest BCUT2D eigenvalue weighted by Crippen LogP contribution is 2.58. The molecule has 8 heteroatoms. The van der Waals surface area contributed by atoms with Gasteiger partial charge in [-0.2, -0.15) is 0 Å². The summed E-state index contributed by atoms with van der Waals surface area (Å²) in [6.45, 7) is 0. The van der Waals surface area contributed by atoms with E-state index in [0.717, 1.165) is 0 Å². The van der Waals surface area contributed by atoms with Gasteiger partial charge in [-0.1, -0.05) is 12.1 Å². The van der Waals surface area contributed by atoms with E-state index in [-0.39, 0.29) is 52.4 Å². The predicted octanol–water partition coefficient (Wildman–Crippen LogP) is 4.59. The molecule has 0 spiro atoms. The lowest BCUT2D eigenvalue weighted by molar-refractivity contribution is 0.383. The Balaban J connectivity index is 1.86. The molecule has 8 N–H and O–H groups in total. The third-order valence-corrected chi connectivity index (χ3v) is 6.84. The second-order valence-electron chi connectivity index (χ2n) is 9.12. The lowest BCUT2D eigenvalue weighted by Crippen LogP contribution is -2.28. The summed E-state index contributed by atoms with van der Waals surface area (Å²) in [5, 5.41) is 83.2. The monoisotopic (exact) mass is 488 g/mol. The van der Waals surface area contributed by atoms with Crippen LogP contribution in [0.4, 0.5) is 0 Å². The number of hydrogen-bond acceptors (Lipinski definition) is 8. The Hall–Kier alpha value is -4.72. The fraction of sp³-hybridized carbons (Fsp3) is 0.143. The van der Waals surface area contributed by atoms with Gasteiger partial charge in [0.1, 0.15) is 46.0 Å². The number of phenolic OH excluding ortho intramolecular Hbond substituents is 8. The minimum absolute atomic E-state index is 0.137. The van der Waals surface area contributed by atoms with Crippen LogP contribution in [0.25, 0.3) is 0 Å². The maximum Gasteiger partial charge on any atom is 0.123 e. The average molecular weight is 488 g/mol. The summed E-state index contributed by atoms with van der Waals surface area (Å²) in [6.07, 6.45) is 0.228.